The second-order valence-corrected chi connectivity index (χ2v) is 7.19. The van der Waals surface area contributed by atoms with Crippen LogP contribution in [0.5, 0.6) is 5.75 Å². The molecule has 2 aromatic carbocycles. The lowest BCUT2D eigenvalue weighted by atomic mass is 10.1. The van der Waals surface area contributed by atoms with Crippen molar-refractivity contribution in [3.05, 3.63) is 77.2 Å². The maximum absolute atomic E-state index is 5.86. The highest BCUT2D eigenvalue weighted by Gasteiger charge is 2.04. The van der Waals surface area contributed by atoms with E-state index >= 15 is 0 Å². The Bertz CT molecular complexity index is 728. The van der Waals surface area contributed by atoms with Gasteiger partial charge in [0.25, 0.3) is 0 Å². The zero-order chi connectivity index (χ0) is 16.6. The molecule has 3 aromatic rings. The van der Waals surface area contributed by atoms with Crippen molar-refractivity contribution in [3.63, 3.8) is 0 Å². The van der Waals surface area contributed by atoms with Crippen LogP contribution in [0.15, 0.2) is 66.7 Å². The molecule has 0 N–H and O–H groups in total. The molecule has 1 heterocycles. The van der Waals surface area contributed by atoms with E-state index in [1.54, 1.807) is 0 Å². The van der Waals surface area contributed by atoms with Crippen LogP contribution >= 0.6 is 11.3 Å². The second-order valence-electron chi connectivity index (χ2n) is 6.02. The van der Waals surface area contributed by atoms with Gasteiger partial charge in [-0.2, -0.15) is 0 Å². The molecule has 124 valence electrons. The van der Waals surface area contributed by atoms with Crippen LogP contribution in [0.4, 0.5) is 0 Å². The molecule has 24 heavy (non-hydrogen) atoms. The predicted octanol–water partition coefficient (Wildman–Crippen LogP) is 6.73. The lowest BCUT2D eigenvalue weighted by Crippen LogP contribution is -1.94. The smallest absolute Gasteiger partial charge is 0.119 e. The molecule has 2 heteroatoms. The first-order valence-electron chi connectivity index (χ1n) is 8.71. The number of ether oxygens (including phenoxy) is 1. The molecule has 0 amide bonds. The zero-order valence-electron chi connectivity index (χ0n) is 14.2. The van der Waals surface area contributed by atoms with E-state index in [0.717, 1.165) is 5.75 Å². The van der Waals surface area contributed by atoms with Crippen LogP contribution in [0.25, 0.3) is 10.4 Å². The molecule has 0 aliphatic heterocycles. The van der Waals surface area contributed by atoms with Gasteiger partial charge in [-0.3, -0.25) is 0 Å². The van der Waals surface area contributed by atoms with Crippen molar-refractivity contribution in [1.29, 1.82) is 0 Å². The number of hydrogen-bond donors (Lipinski definition) is 0. The van der Waals surface area contributed by atoms with E-state index in [-0.39, 0.29) is 0 Å². The fraction of sp³-hybridized carbons (Fsp3) is 0.273. The Morgan fingerprint density at radius 1 is 0.833 bits per heavy atom. The highest BCUT2D eigenvalue weighted by molar-refractivity contribution is 7.15. The molecule has 0 saturated carbocycles. The van der Waals surface area contributed by atoms with E-state index in [0.29, 0.717) is 6.61 Å². The molecule has 0 bridgehead atoms. The standard InChI is InChI=1S/C22H24OS/c1-2-3-5-10-21-15-16-22(24-21)19-11-13-20(14-12-19)23-17-18-8-6-4-7-9-18/h4,6-9,11-16H,2-3,5,10,17H2,1H3. The molecular formula is C22H24OS. The minimum atomic E-state index is 0.612. The lowest BCUT2D eigenvalue weighted by molar-refractivity contribution is 0.306. The van der Waals surface area contributed by atoms with Crippen LogP contribution in [0, 0.1) is 0 Å². The quantitative estimate of drug-likeness (QED) is 0.414. The third kappa shape index (κ3) is 4.72. The van der Waals surface area contributed by atoms with Gasteiger partial charge in [-0.15, -0.1) is 11.3 Å². The second kappa shape index (κ2) is 8.70. The maximum atomic E-state index is 5.86. The Hall–Kier alpha value is -2.06. The normalized spacial score (nSPS) is 10.7. The van der Waals surface area contributed by atoms with E-state index in [9.17, 15) is 0 Å². The van der Waals surface area contributed by atoms with Gasteiger partial charge in [0, 0.05) is 9.75 Å². The molecule has 0 unspecified atom stereocenters. The lowest BCUT2D eigenvalue weighted by Gasteiger charge is -2.07. The Balaban J connectivity index is 1.58. The fourth-order valence-electron chi connectivity index (χ4n) is 2.67. The van der Waals surface area contributed by atoms with E-state index in [4.69, 9.17) is 4.74 Å². The topological polar surface area (TPSA) is 9.23 Å². The molecule has 1 nitrogen and oxygen atoms in total. The minimum absolute atomic E-state index is 0.612. The number of benzene rings is 2. The first kappa shape index (κ1) is 16.8. The van der Waals surface area contributed by atoms with Gasteiger partial charge in [0.1, 0.15) is 12.4 Å². The third-order valence-corrected chi connectivity index (χ3v) is 5.27. The molecule has 3 rings (SSSR count). The molecule has 0 atom stereocenters. The van der Waals surface area contributed by atoms with Crippen LogP contribution in [0.3, 0.4) is 0 Å². The fourth-order valence-corrected chi connectivity index (χ4v) is 3.73. The molecule has 0 aliphatic carbocycles. The largest absolute Gasteiger partial charge is 0.489 e. The number of aryl methyl sites for hydroxylation is 1. The summed E-state index contributed by atoms with van der Waals surface area (Å²) in [6, 6.07) is 23.2. The van der Waals surface area contributed by atoms with Gasteiger partial charge in [-0.1, -0.05) is 50.1 Å². The number of unbranched alkanes of at least 4 members (excludes halogenated alkanes) is 2. The SMILES string of the molecule is CCCCCc1ccc(-c2ccc(OCc3ccccc3)cc2)s1. The summed E-state index contributed by atoms with van der Waals surface area (Å²) in [5, 5.41) is 0. The van der Waals surface area contributed by atoms with E-state index < -0.39 is 0 Å². The van der Waals surface area contributed by atoms with Crippen molar-refractivity contribution in [2.24, 2.45) is 0 Å². The molecule has 0 radical (unpaired) electrons. The van der Waals surface area contributed by atoms with Crippen LogP contribution in [0.2, 0.25) is 0 Å². The first-order chi connectivity index (χ1) is 11.8. The minimum Gasteiger partial charge on any atom is -0.489 e. The van der Waals surface area contributed by atoms with Crippen molar-refractivity contribution in [2.75, 3.05) is 0 Å². The van der Waals surface area contributed by atoms with Gasteiger partial charge in [0.2, 0.25) is 0 Å². The summed E-state index contributed by atoms with van der Waals surface area (Å²) in [5.41, 5.74) is 2.46. The molecule has 0 aliphatic rings. The number of rotatable bonds is 8. The Morgan fingerprint density at radius 3 is 2.38 bits per heavy atom. The van der Waals surface area contributed by atoms with Crippen LogP contribution in [-0.4, -0.2) is 0 Å². The Labute approximate surface area is 148 Å². The van der Waals surface area contributed by atoms with Crippen LogP contribution in [0.1, 0.15) is 36.6 Å². The first-order valence-corrected chi connectivity index (χ1v) is 9.52. The Morgan fingerprint density at radius 2 is 1.62 bits per heavy atom. The van der Waals surface area contributed by atoms with Crippen molar-refractivity contribution < 1.29 is 4.74 Å². The van der Waals surface area contributed by atoms with E-state index in [2.05, 4.69) is 55.5 Å². The van der Waals surface area contributed by atoms with Gasteiger partial charge in [0.15, 0.2) is 0 Å². The monoisotopic (exact) mass is 336 g/mol. The molecule has 0 spiro atoms. The molecular weight excluding hydrogens is 312 g/mol. The number of thiophene rings is 1. The zero-order valence-corrected chi connectivity index (χ0v) is 15.0. The predicted molar refractivity (Wildman–Crippen MR) is 104 cm³/mol. The van der Waals surface area contributed by atoms with Crippen molar-refractivity contribution in [1.82, 2.24) is 0 Å². The summed E-state index contributed by atoms with van der Waals surface area (Å²) >= 11 is 1.91. The molecule has 0 saturated heterocycles. The summed E-state index contributed by atoms with van der Waals surface area (Å²) in [7, 11) is 0. The number of hydrogen-bond acceptors (Lipinski definition) is 2. The van der Waals surface area contributed by atoms with E-state index in [1.807, 2.05) is 29.5 Å². The summed E-state index contributed by atoms with van der Waals surface area (Å²) in [6.45, 7) is 2.86. The van der Waals surface area contributed by atoms with Gasteiger partial charge in [-0.05, 0) is 60.4 Å². The van der Waals surface area contributed by atoms with Crippen LogP contribution in [-0.2, 0) is 13.0 Å². The van der Waals surface area contributed by atoms with Gasteiger partial charge in [0.05, 0.1) is 0 Å². The van der Waals surface area contributed by atoms with Crippen molar-refractivity contribution in [3.8, 4) is 16.2 Å². The van der Waals surface area contributed by atoms with Crippen LogP contribution < -0.4 is 4.74 Å². The van der Waals surface area contributed by atoms with Crippen molar-refractivity contribution >= 4 is 11.3 Å². The average molecular weight is 336 g/mol. The summed E-state index contributed by atoms with van der Waals surface area (Å²) in [4.78, 5) is 2.83. The van der Waals surface area contributed by atoms with Gasteiger partial charge in [-0.25, -0.2) is 0 Å². The molecule has 1 aromatic heterocycles. The maximum Gasteiger partial charge on any atom is 0.119 e. The van der Waals surface area contributed by atoms with Crippen molar-refractivity contribution in [2.45, 2.75) is 39.2 Å². The summed E-state index contributed by atoms with van der Waals surface area (Å²) < 4.78 is 5.86. The summed E-state index contributed by atoms with van der Waals surface area (Å²) in [6.07, 6.45) is 5.10. The van der Waals surface area contributed by atoms with E-state index in [1.165, 1.54) is 46.6 Å². The highest BCUT2D eigenvalue weighted by Crippen LogP contribution is 2.30. The Kier molecular flexibility index (Phi) is 6.08. The van der Waals surface area contributed by atoms with Gasteiger partial charge >= 0.3 is 0 Å². The third-order valence-electron chi connectivity index (χ3n) is 4.08. The molecule has 0 fully saturated rings. The average Bonchev–Trinajstić information content (AvgIpc) is 3.10. The highest BCUT2D eigenvalue weighted by atomic mass is 32.1. The summed E-state index contributed by atoms with van der Waals surface area (Å²) in [5.74, 6) is 0.919. The van der Waals surface area contributed by atoms with Gasteiger partial charge < -0.3 is 4.74 Å².